The number of rotatable bonds is 4. The number of methoxy groups -OCH3 is 1. The highest BCUT2D eigenvalue weighted by Gasteiger charge is 2.25. The summed E-state index contributed by atoms with van der Waals surface area (Å²) >= 11 is 0. The second-order valence-electron chi connectivity index (χ2n) is 5.63. The van der Waals surface area contributed by atoms with Crippen molar-refractivity contribution in [2.45, 2.75) is 12.5 Å². The van der Waals surface area contributed by atoms with E-state index in [1.165, 1.54) is 0 Å². The van der Waals surface area contributed by atoms with E-state index in [2.05, 4.69) is 0 Å². The molecule has 120 valence electrons. The number of carbonyl (C=O) groups excluding carboxylic acids is 1. The molecule has 1 saturated heterocycles. The predicted octanol–water partition coefficient (Wildman–Crippen LogP) is 2.84. The van der Waals surface area contributed by atoms with Crippen molar-refractivity contribution in [3.63, 3.8) is 0 Å². The fourth-order valence-electron chi connectivity index (χ4n) is 2.77. The Hall–Kier alpha value is -2.33. The summed E-state index contributed by atoms with van der Waals surface area (Å²) in [7, 11) is 1.64. The smallest absolute Gasteiger partial charge is 0.227 e. The molecule has 23 heavy (non-hydrogen) atoms. The van der Waals surface area contributed by atoms with Gasteiger partial charge in [0, 0.05) is 6.54 Å². The SMILES string of the molecule is COc1ccc(CC(=O)N2CCO[C@H](c3ccccc3)C2)cc1. The summed E-state index contributed by atoms with van der Waals surface area (Å²) in [6, 6.07) is 17.7. The first-order valence-corrected chi connectivity index (χ1v) is 7.83. The lowest BCUT2D eigenvalue weighted by atomic mass is 10.1. The van der Waals surface area contributed by atoms with Crippen molar-refractivity contribution in [3.05, 3.63) is 65.7 Å². The second-order valence-corrected chi connectivity index (χ2v) is 5.63. The Labute approximate surface area is 136 Å². The number of amides is 1. The first kappa shape index (κ1) is 15.6. The quantitative estimate of drug-likeness (QED) is 0.871. The molecule has 1 heterocycles. The Morgan fingerprint density at radius 2 is 1.91 bits per heavy atom. The molecule has 0 radical (unpaired) electrons. The average Bonchev–Trinajstić information content (AvgIpc) is 2.63. The average molecular weight is 311 g/mol. The fraction of sp³-hybridized carbons (Fsp3) is 0.316. The van der Waals surface area contributed by atoms with E-state index in [-0.39, 0.29) is 12.0 Å². The molecule has 0 aliphatic carbocycles. The molecule has 0 unspecified atom stereocenters. The van der Waals surface area contributed by atoms with Crippen LogP contribution in [0.1, 0.15) is 17.2 Å². The van der Waals surface area contributed by atoms with Crippen LogP contribution in [-0.2, 0) is 16.0 Å². The largest absolute Gasteiger partial charge is 0.497 e. The summed E-state index contributed by atoms with van der Waals surface area (Å²) in [6.07, 6.45) is 0.371. The van der Waals surface area contributed by atoms with E-state index in [4.69, 9.17) is 9.47 Å². The molecule has 1 amide bonds. The number of nitrogens with zero attached hydrogens (tertiary/aromatic N) is 1. The number of morpholine rings is 1. The van der Waals surface area contributed by atoms with E-state index < -0.39 is 0 Å². The summed E-state index contributed by atoms with van der Waals surface area (Å²) in [6.45, 7) is 1.84. The highest BCUT2D eigenvalue weighted by Crippen LogP contribution is 2.22. The lowest BCUT2D eigenvalue weighted by Gasteiger charge is -2.33. The molecule has 0 spiro atoms. The van der Waals surface area contributed by atoms with Crippen LogP contribution in [0, 0.1) is 0 Å². The van der Waals surface area contributed by atoms with Crippen LogP contribution in [0.15, 0.2) is 54.6 Å². The minimum absolute atomic E-state index is 0.0373. The number of hydrogen-bond acceptors (Lipinski definition) is 3. The Morgan fingerprint density at radius 1 is 1.17 bits per heavy atom. The van der Waals surface area contributed by atoms with Crippen molar-refractivity contribution in [1.82, 2.24) is 4.90 Å². The maximum absolute atomic E-state index is 12.5. The molecule has 0 bridgehead atoms. The van der Waals surface area contributed by atoms with Crippen molar-refractivity contribution in [3.8, 4) is 5.75 Å². The van der Waals surface area contributed by atoms with Gasteiger partial charge in [-0.2, -0.15) is 0 Å². The molecule has 0 saturated carbocycles. The van der Waals surface area contributed by atoms with E-state index in [1.54, 1.807) is 7.11 Å². The molecule has 1 aliphatic rings. The number of hydrogen-bond donors (Lipinski definition) is 0. The summed E-state index contributed by atoms with van der Waals surface area (Å²) in [4.78, 5) is 14.4. The van der Waals surface area contributed by atoms with Gasteiger partial charge >= 0.3 is 0 Å². The zero-order valence-corrected chi connectivity index (χ0v) is 13.3. The van der Waals surface area contributed by atoms with Gasteiger partial charge < -0.3 is 14.4 Å². The summed E-state index contributed by atoms with van der Waals surface area (Å²) in [5.74, 6) is 0.941. The molecule has 0 N–H and O–H groups in total. The van der Waals surface area contributed by atoms with Crippen molar-refractivity contribution >= 4 is 5.91 Å². The lowest BCUT2D eigenvalue weighted by Crippen LogP contribution is -2.42. The van der Waals surface area contributed by atoms with Crippen molar-refractivity contribution < 1.29 is 14.3 Å². The Morgan fingerprint density at radius 3 is 2.61 bits per heavy atom. The van der Waals surface area contributed by atoms with Crippen LogP contribution in [0.4, 0.5) is 0 Å². The topological polar surface area (TPSA) is 38.8 Å². The molecule has 1 fully saturated rings. The highest BCUT2D eigenvalue weighted by atomic mass is 16.5. The molecular formula is C19H21NO3. The minimum Gasteiger partial charge on any atom is -0.497 e. The fourth-order valence-corrected chi connectivity index (χ4v) is 2.77. The maximum Gasteiger partial charge on any atom is 0.227 e. The molecule has 3 rings (SSSR count). The molecule has 4 nitrogen and oxygen atoms in total. The van der Waals surface area contributed by atoms with Gasteiger partial charge in [0.15, 0.2) is 0 Å². The first-order chi connectivity index (χ1) is 11.3. The number of ether oxygens (including phenoxy) is 2. The molecule has 2 aromatic rings. The van der Waals surface area contributed by atoms with Crippen LogP contribution in [-0.4, -0.2) is 37.6 Å². The zero-order chi connectivity index (χ0) is 16.1. The lowest BCUT2D eigenvalue weighted by molar-refractivity contribution is -0.138. The van der Waals surface area contributed by atoms with Gasteiger partial charge in [0.2, 0.25) is 5.91 Å². The van der Waals surface area contributed by atoms with Gasteiger partial charge in [-0.05, 0) is 23.3 Å². The standard InChI is InChI=1S/C19H21NO3/c1-22-17-9-7-15(8-10-17)13-19(21)20-11-12-23-18(14-20)16-5-3-2-4-6-16/h2-10,18H,11-14H2,1H3/t18-/m0/s1. The van der Waals surface area contributed by atoms with E-state index in [9.17, 15) is 4.79 Å². The normalized spacial score (nSPS) is 17.8. The van der Waals surface area contributed by atoms with Gasteiger partial charge in [-0.25, -0.2) is 0 Å². The third kappa shape index (κ3) is 3.90. The summed E-state index contributed by atoms with van der Waals surface area (Å²) in [5, 5.41) is 0. The van der Waals surface area contributed by atoms with Crippen LogP contribution in [0.5, 0.6) is 5.75 Å². The van der Waals surface area contributed by atoms with Crippen LogP contribution < -0.4 is 4.74 Å². The van der Waals surface area contributed by atoms with Crippen molar-refractivity contribution in [2.24, 2.45) is 0 Å². The van der Waals surface area contributed by atoms with Gasteiger partial charge in [-0.15, -0.1) is 0 Å². The molecule has 2 aromatic carbocycles. The maximum atomic E-state index is 12.5. The first-order valence-electron chi connectivity index (χ1n) is 7.83. The van der Waals surface area contributed by atoms with Crippen LogP contribution >= 0.6 is 0 Å². The van der Waals surface area contributed by atoms with E-state index in [0.29, 0.717) is 26.1 Å². The molecule has 4 heteroatoms. The van der Waals surface area contributed by atoms with Crippen molar-refractivity contribution in [1.29, 1.82) is 0 Å². The second kappa shape index (κ2) is 7.29. The van der Waals surface area contributed by atoms with Gasteiger partial charge in [0.05, 0.1) is 26.7 Å². The Balaban J connectivity index is 1.62. The minimum atomic E-state index is -0.0373. The molecular weight excluding hydrogens is 290 g/mol. The van der Waals surface area contributed by atoms with Gasteiger partial charge in [0.1, 0.15) is 11.9 Å². The van der Waals surface area contributed by atoms with Gasteiger partial charge in [0.25, 0.3) is 0 Å². The summed E-state index contributed by atoms with van der Waals surface area (Å²) in [5.41, 5.74) is 2.12. The number of carbonyl (C=O) groups is 1. The van der Waals surface area contributed by atoms with Crippen LogP contribution in [0.3, 0.4) is 0 Å². The van der Waals surface area contributed by atoms with Gasteiger partial charge in [-0.1, -0.05) is 42.5 Å². The number of benzene rings is 2. The third-order valence-electron chi connectivity index (χ3n) is 4.10. The summed E-state index contributed by atoms with van der Waals surface area (Å²) < 4.78 is 11.0. The van der Waals surface area contributed by atoms with Crippen LogP contribution in [0.25, 0.3) is 0 Å². The van der Waals surface area contributed by atoms with Crippen LogP contribution in [0.2, 0.25) is 0 Å². The van der Waals surface area contributed by atoms with E-state index in [0.717, 1.165) is 16.9 Å². The highest BCUT2D eigenvalue weighted by molar-refractivity contribution is 5.79. The van der Waals surface area contributed by atoms with E-state index in [1.807, 2.05) is 59.5 Å². The Bertz CT molecular complexity index is 639. The van der Waals surface area contributed by atoms with E-state index >= 15 is 0 Å². The third-order valence-corrected chi connectivity index (χ3v) is 4.10. The molecule has 1 atom stereocenters. The monoisotopic (exact) mass is 311 g/mol. The molecule has 1 aliphatic heterocycles. The van der Waals surface area contributed by atoms with Crippen molar-refractivity contribution in [2.75, 3.05) is 26.8 Å². The Kier molecular flexibility index (Phi) is 4.93. The predicted molar refractivity (Wildman–Crippen MR) is 88.4 cm³/mol. The van der Waals surface area contributed by atoms with Gasteiger partial charge in [-0.3, -0.25) is 4.79 Å². The molecule has 0 aromatic heterocycles. The zero-order valence-electron chi connectivity index (χ0n) is 13.3.